The molecule has 0 fully saturated rings. The van der Waals surface area contributed by atoms with Crippen LogP contribution in [0.1, 0.15) is 5.56 Å². The molecular weight excluding hydrogens is 264 g/mol. The van der Waals surface area contributed by atoms with Gasteiger partial charge in [0.25, 0.3) is 10.2 Å². The molecule has 0 aromatic heterocycles. The van der Waals surface area contributed by atoms with Crippen molar-refractivity contribution in [1.82, 2.24) is 0 Å². The van der Waals surface area contributed by atoms with E-state index in [1.54, 1.807) is 30.3 Å². The van der Waals surface area contributed by atoms with Gasteiger partial charge in [-0.15, -0.1) is 0 Å². The highest BCUT2D eigenvalue weighted by Gasteiger charge is 2.09. The van der Waals surface area contributed by atoms with E-state index in [2.05, 4.69) is 4.72 Å². The van der Waals surface area contributed by atoms with Gasteiger partial charge < -0.3 is 4.74 Å². The number of ether oxygens (including phenoxy) is 1. The summed E-state index contributed by atoms with van der Waals surface area (Å²) in [5, 5.41) is 4.96. The normalized spacial score (nSPS) is 11.1. The van der Waals surface area contributed by atoms with Crippen LogP contribution in [0.15, 0.2) is 48.5 Å². The Labute approximate surface area is 112 Å². The topological polar surface area (TPSA) is 81.4 Å². The first-order valence-corrected chi connectivity index (χ1v) is 7.13. The summed E-state index contributed by atoms with van der Waals surface area (Å²) in [5.41, 5.74) is 1.35. The lowest BCUT2D eigenvalue weighted by Gasteiger charge is -2.11. The summed E-state index contributed by atoms with van der Waals surface area (Å²) >= 11 is 0. The molecule has 0 radical (unpaired) electrons. The van der Waals surface area contributed by atoms with Gasteiger partial charge in [0.2, 0.25) is 0 Å². The molecule has 0 atom stereocenters. The molecule has 19 heavy (non-hydrogen) atoms. The molecule has 3 N–H and O–H groups in total. The SMILES string of the molecule is Cc1cccc(Oc2ccccc2NS(N)(=O)=O)c1. The van der Waals surface area contributed by atoms with Gasteiger partial charge in [-0.2, -0.15) is 8.42 Å². The minimum atomic E-state index is -3.83. The fourth-order valence-electron chi connectivity index (χ4n) is 1.60. The van der Waals surface area contributed by atoms with Crippen LogP contribution >= 0.6 is 0 Å². The summed E-state index contributed by atoms with van der Waals surface area (Å²) in [4.78, 5) is 0. The highest BCUT2D eigenvalue weighted by Crippen LogP contribution is 2.29. The first kappa shape index (κ1) is 13.4. The average molecular weight is 278 g/mol. The number of aryl methyl sites for hydroxylation is 1. The Morgan fingerprint density at radius 3 is 2.53 bits per heavy atom. The zero-order valence-corrected chi connectivity index (χ0v) is 11.1. The molecule has 0 aliphatic rings. The van der Waals surface area contributed by atoms with E-state index >= 15 is 0 Å². The van der Waals surface area contributed by atoms with Crippen molar-refractivity contribution in [2.75, 3.05) is 4.72 Å². The highest BCUT2D eigenvalue weighted by molar-refractivity contribution is 7.90. The maximum absolute atomic E-state index is 11.1. The van der Waals surface area contributed by atoms with Crippen molar-refractivity contribution in [2.45, 2.75) is 6.92 Å². The predicted octanol–water partition coefficient (Wildman–Crippen LogP) is 2.40. The average Bonchev–Trinajstić information content (AvgIpc) is 2.30. The molecule has 0 aliphatic heterocycles. The lowest BCUT2D eigenvalue weighted by Crippen LogP contribution is -2.21. The molecule has 0 amide bonds. The molecule has 2 aromatic carbocycles. The lowest BCUT2D eigenvalue weighted by atomic mass is 10.2. The first-order chi connectivity index (χ1) is 8.94. The van der Waals surface area contributed by atoms with Crippen LogP contribution in [0.5, 0.6) is 11.5 Å². The van der Waals surface area contributed by atoms with Gasteiger partial charge in [-0.25, -0.2) is 5.14 Å². The maximum atomic E-state index is 11.1. The molecule has 2 aromatic rings. The third-order valence-electron chi connectivity index (χ3n) is 2.36. The molecule has 5 nitrogen and oxygen atoms in total. The highest BCUT2D eigenvalue weighted by atomic mass is 32.2. The molecule has 0 aliphatic carbocycles. The van der Waals surface area contributed by atoms with E-state index in [4.69, 9.17) is 9.88 Å². The number of nitrogens with two attached hydrogens (primary N) is 1. The monoisotopic (exact) mass is 278 g/mol. The second-order valence-corrected chi connectivity index (χ2v) is 5.36. The maximum Gasteiger partial charge on any atom is 0.296 e. The molecule has 0 unspecified atom stereocenters. The van der Waals surface area contributed by atoms with Gasteiger partial charge in [0.15, 0.2) is 5.75 Å². The third kappa shape index (κ3) is 3.97. The number of nitrogens with one attached hydrogen (secondary N) is 1. The Morgan fingerprint density at radius 1 is 1.11 bits per heavy atom. The van der Waals surface area contributed by atoms with Crippen LogP contribution in [0.4, 0.5) is 5.69 Å². The Hall–Kier alpha value is -2.05. The molecule has 0 spiro atoms. The van der Waals surface area contributed by atoms with Crippen LogP contribution in [0.3, 0.4) is 0 Å². The lowest BCUT2D eigenvalue weighted by molar-refractivity contribution is 0.484. The van der Waals surface area contributed by atoms with Crippen LogP contribution in [0.2, 0.25) is 0 Å². The Balaban J connectivity index is 2.30. The van der Waals surface area contributed by atoms with Crippen molar-refractivity contribution in [1.29, 1.82) is 0 Å². The summed E-state index contributed by atoms with van der Waals surface area (Å²) in [5.74, 6) is 1.02. The van der Waals surface area contributed by atoms with Crippen molar-refractivity contribution >= 4 is 15.9 Å². The van der Waals surface area contributed by atoms with Gasteiger partial charge >= 0.3 is 0 Å². The fraction of sp³-hybridized carbons (Fsp3) is 0.0769. The summed E-state index contributed by atoms with van der Waals surface area (Å²) in [7, 11) is -3.83. The van der Waals surface area contributed by atoms with E-state index in [1.165, 1.54) is 0 Å². The quantitative estimate of drug-likeness (QED) is 0.901. The Bertz CT molecular complexity index is 684. The Morgan fingerprint density at radius 2 is 1.84 bits per heavy atom. The van der Waals surface area contributed by atoms with E-state index in [0.29, 0.717) is 17.2 Å². The second-order valence-electron chi connectivity index (χ2n) is 4.06. The van der Waals surface area contributed by atoms with Crippen molar-refractivity contribution < 1.29 is 13.2 Å². The van der Waals surface area contributed by atoms with Gasteiger partial charge in [-0.05, 0) is 36.8 Å². The molecule has 0 bridgehead atoms. The van der Waals surface area contributed by atoms with Crippen LogP contribution < -0.4 is 14.6 Å². The summed E-state index contributed by atoms with van der Waals surface area (Å²) in [6.45, 7) is 1.95. The molecule has 6 heteroatoms. The van der Waals surface area contributed by atoms with E-state index in [1.807, 2.05) is 25.1 Å². The zero-order valence-electron chi connectivity index (χ0n) is 10.3. The van der Waals surface area contributed by atoms with Crippen molar-refractivity contribution in [3.8, 4) is 11.5 Å². The number of hydrogen-bond donors (Lipinski definition) is 2. The summed E-state index contributed by atoms with van der Waals surface area (Å²) in [6, 6.07) is 14.1. The predicted molar refractivity (Wildman–Crippen MR) is 74.4 cm³/mol. The Kier molecular flexibility index (Phi) is 3.73. The van der Waals surface area contributed by atoms with Crippen LogP contribution in [-0.4, -0.2) is 8.42 Å². The summed E-state index contributed by atoms with van der Waals surface area (Å²) in [6.07, 6.45) is 0. The van der Waals surface area contributed by atoms with Crippen molar-refractivity contribution in [2.24, 2.45) is 5.14 Å². The molecule has 0 heterocycles. The van der Waals surface area contributed by atoms with Gasteiger partial charge in [0.1, 0.15) is 5.75 Å². The van der Waals surface area contributed by atoms with Gasteiger partial charge in [-0.3, -0.25) is 4.72 Å². The van der Waals surface area contributed by atoms with E-state index in [-0.39, 0.29) is 0 Å². The van der Waals surface area contributed by atoms with E-state index < -0.39 is 10.2 Å². The third-order valence-corrected chi connectivity index (χ3v) is 2.86. The van der Waals surface area contributed by atoms with E-state index in [0.717, 1.165) is 5.56 Å². The van der Waals surface area contributed by atoms with E-state index in [9.17, 15) is 8.42 Å². The molecule has 0 saturated carbocycles. The van der Waals surface area contributed by atoms with Crippen molar-refractivity contribution in [3.63, 3.8) is 0 Å². The molecular formula is C13H14N2O3S. The number of benzene rings is 2. The van der Waals surface area contributed by atoms with Crippen LogP contribution in [-0.2, 0) is 10.2 Å². The van der Waals surface area contributed by atoms with Gasteiger partial charge in [0, 0.05) is 0 Å². The minimum absolute atomic E-state index is 0.298. The molecule has 0 saturated heterocycles. The molecule has 2 rings (SSSR count). The smallest absolute Gasteiger partial charge is 0.296 e. The molecule has 100 valence electrons. The number of anilines is 1. The standard InChI is InChI=1S/C13H14N2O3S/c1-10-5-4-6-11(9-10)18-13-8-3-2-7-12(13)15-19(14,16)17/h2-9,15H,1H3,(H2,14,16,17). The minimum Gasteiger partial charge on any atom is -0.455 e. The number of para-hydroxylation sites is 2. The number of rotatable bonds is 4. The van der Waals surface area contributed by atoms with Gasteiger partial charge in [0.05, 0.1) is 5.69 Å². The first-order valence-electron chi connectivity index (χ1n) is 5.58. The zero-order chi connectivity index (χ0) is 13.9. The second kappa shape index (κ2) is 5.29. The fourth-order valence-corrected chi connectivity index (χ4v) is 2.07. The van der Waals surface area contributed by atoms with Crippen molar-refractivity contribution in [3.05, 3.63) is 54.1 Å². The van der Waals surface area contributed by atoms with Crippen LogP contribution in [0, 0.1) is 6.92 Å². The van der Waals surface area contributed by atoms with Crippen LogP contribution in [0.25, 0.3) is 0 Å². The largest absolute Gasteiger partial charge is 0.455 e. The number of hydrogen-bond acceptors (Lipinski definition) is 3. The summed E-state index contributed by atoms with van der Waals surface area (Å²) < 4.78 is 30.0. The van der Waals surface area contributed by atoms with Gasteiger partial charge in [-0.1, -0.05) is 24.3 Å².